The molecule has 0 saturated carbocycles. The van der Waals surface area contributed by atoms with Gasteiger partial charge in [-0.15, -0.1) is 0 Å². The van der Waals surface area contributed by atoms with Crippen LogP contribution in [0.5, 0.6) is 0 Å². The van der Waals surface area contributed by atoms with Gasteiger partial charge in [0.2, 0.25) is 6.79 Å². The van der Waals surface area contributed by atoms with Crippen molar-refractivity contribution in [3.8, 4) is 0 Å². The molecule has 0 radical (unpaired) electrons. The van der Waals surface area contributed by atoms with Gasteiger partial charge in [-0.3, -0.25) is 13.8 Å². The van der Waals surface area contributed by atoms with Crippen LogP contribution in [-0.4, -0.2) is 41.7 Å². The van der Waals surface area contributed by atoms with E-state index in [9.17, 15) is 14.2 Å². The summed E-state index contributed by atoms with van der Waals surface area (Å²) in [6.45, 7) is 13.0. The number of carbonyl (C=O) groups excluding carboxylic acids is 1. The van der Waals surface area contributed by atoms with Crippen molar-refractivity contribution >= 4 is 19.9 Å². The average Bonchev–Trinajstić information content (AvgIpc) is 2.29. The Morgan fingerprint density at radius 2 is 1.42 bits per heavy atom. The number of hydrogen-bond donors (Lipinski definition) is 2. The molecule has 154 valence electrons. The number of amides is 1. The molecule has 0 aliphatic rings. The number of carboxylic acids is 1. The molecule has 10 heteroatoms. The molecule has 0 heterocycles. The maximum Gasteiger partial charge on any atom is 0.478 e. The lowest BCUT2D eigenvalue weighted by Crippen LogP contribution is -2.36. The smallest absolute Gasteiger partial charge is 0.478 e. The van der Waals surface area contributed by atoms with E-state index in [1.807, 2.05) is 0 Å². The zero-order valence-electron chi connectivity index (χ0n) is 16.9. The molecule has 0 rings (SSSR count). The first kappa shape index (κ1) is 24.8. The van der Waals surface area contributed by atoms with Crippen LogP contribution in [0.2, 0.25) is 0 Å². The number of carbonyl (C=O) groups is 2. The molecule has 0 spiro atoms. The second kappa shape index (κ2) is 9.17. The van der Waals surface area contributed by atoms with E-state index in [1.165, 1.54) is 0 Å². The quantitative estimate of drug-likeness (QED) is 0.443. The zero-order chi connectivity index (χ0) is 20.8. The van der Waals surface area contributed by atoms with Crippen molar-refractivity contribution in [3.63, 3.8) is 0 Å². The Labute approximate surface area is 155 Å². The van der Waals surface area contributed by atoms with Crippen molar-refractivity contribution in [2.24, 2.45) is 5.41 Å². The van der Waals surface area contributed by atoms with E-state index < -0.39 is 43.3 Å². The highest BCUT2D eigenvalue weighted by Gasteiger charge is 2.37. The number of phosphoric ester groups is 1. The number of phosphoric acid groups is 1. The van der Waals surface area contributed by atoms with Gasteiger partial charge in [0.25, 0.3) is 0 Å². The normalized spacial score (nSPS) is 13.4. The van der Waals surface area contributed by atoms with Crippen molar-refractivity contribution < 1.29 is 37.6 Å². The Balaban J connectivity index is 4.60. The van der Waals surface area contributed by atoms with Crippen LogP contribution in [0, 0.1) is 5.41 Å². The predicted molar refractivity (Wildman–Crippen MR) is 95.8 cm³/mol. The first-order valence-electron chi connectivity index (χ1n) is 8.22. The maximum absolute atomic E-state index is 12.7. The fourth-order valence-corrected chi connectivity index (χ4v) is 3.39. The molecule has 0 aliphatic carbocycles. The molecule has 9 nitrogen and oxygen atoms in total. The Morgan fingerprint density at radius 3 is 1.81 bits per heavy atom. The number of ether oxygens (including phenoxy) is 1. The number of nitrogens with one attached hydrogen (secondary N) is 1. The van der Waals surface area contributed by atoms with E-state index in [2.05, 4.69) is 5.32 Å². The minimum Gasteiger partial charge on any atom is -0.481 e. The topological polar surface area (TPSA) is 120 Å². The van der Waals surface area contributed by atoms with Crippen molar-refractivity contribution in [1.29, 1.82) is 0 Å². The van der Waals surface area contributed by atoms with Gasteiger partial charge in [0.15, 0.2) is 0 Å². The largest absolute Gasteiger partial charge is 0.481 e. The van der Waals surface area contributed by atoms with Gasteiger partial charge in [-0.2, -0.15) is 0 Å². The number of rotatable bonds is 9. The summed E-state index contributed by atoms with van der Waals surface area (Å²) in [5.74, 6) is -0.965. The van der Waals surface area contributed by atoms with Gasteiger partial charge in [0, 0.05) is 6.54 Å². The molecule has 0 unspecified atom stereocenters. The predicted octanol–water partition coefficient (Wildman–Crippen LogP) is 3.93. The summed E-state index contributed by atoms with van der Waals surface area (Å²) >= 11 is 0. The molecule has 0 aromatic carbocycles. The van der Waals surface area contributed by atoms with Gasteiger partial charge in [-0.1, -0.05) is 13.8 Å². The third-order valence-electron chi connectivity index (χ3n) is 2.51. The number of hydrogen-bond acceptors (Lipinski definition) is 7. The third kappa shape index (κ3) is 13.1. The van der Waals surface area contributed by atoms with Crippen LogP contribution < -0.4 is 5.32 Å². The molecule has 2 N–H and O–H groups in total. The van der Waals surface area contributed by atoms with Crippen LogP contribution in [0.1, 0.15) is 61.8 Å². The minimum atomic E-state index is -3.97. The van der Waals surface area contributed by atoms with E-state index in [-0.39, 0.29) is 13.0 Å². The maximum atomic E-state index is 12.7. The summed E-state index contributed by atoms with van der Waals surface area (Å²) in [6, 6.07) is 0. The molecular formula is C16H32NO8P. The summed E-state index contributed by atoms with van der Waals surface area (Å²) in [7, 11) is -3.97. The molecule has 1 amide bonds. The SMILES string of the molecule is CC(C)(CNC(=O)OCOP(=O)(OC(C)(C)C)OC(C)(C)C)CC(=O)O. The average molecular weight is 397 g/mol. The second-order valence-electron chi connectivity index (χ2n) is 8.62. The molecular weight excluding hydrogens is 365 g/mol. The van der Waals surface area contributed by atoms with E-state index in [0.717, 1.165) is 0 Å². The Bertz CT molecular complexity index is 513. The summed E-state index contributed by atoms with van der Waals surface area (Å²) in [6.07, 6.45) is -0.945. The van der Waals surface area contributed by atoms with E-state index in [1.54, 1.807) is 55.4 Å². The van der Waals surface area contributed by atoms with Crippen LogP contribution in [0.4, 0.5) is 4.79 Å². The lowest BCUT2D eigenvalue weighted by molar-refractivity contribution is -0.139. The van der Waals surface area contributed by atoms with Crippen molar-refractivity contribution in [2.45, 2.75) is 73.0 Å². The minimum absolute atomic E-state index is 0.0901. The third-order valence-corrected chi connectivity index (χ3v) is 4.48. The van der Waals surface area contributed by atoms with Crippen LogP contribution in [0.3, 0.4) is 0 Å². The summed E-state index contributed by atoms with van der Waals surface area (Å²) < 4.78 is 33.4. The summed E-state index contributed by atoms with van der Waals surface area (Å²) in [4.78, 5) is 22.4. The lowest BCUT2D eigenvalue weighted by atomic mass is 9.89. The van der Waals surface area contributed by atoms with Crippen molar-refractivity contribution in [3.05, 3.63) is 0 Å². The van der Waals surface area contributed by atoms with E-state index in [4.69, 9.17) is 23.4 Å². The molecule has 26 heavy (non-hydrogen) atoms. The first-order valence-corrected chi connectivity index (χ1v) is 9.68. The van der Waals surface area contributed by atoms with Crippen LogP contribution in [-0.2, 0) is 27.7 Å². The van der Waals surface area contributed by atoms with E-state index >= 15 is 0 Å². The fraction of sp³-hybridized carbons (Fsp3) is 0.875. The van der Waals surface area contributed by atoms with Gasteiger partial charge in [-0.25, -0.2) is 13.9 Å². The lowest BCUT2D eigenvalue weighted by Gasteiger charge is -2.30. The van der Waals surface area contributed by atoms with Crippen LogP contribution in [0.15, 0.2) is 0 Å². The van der Waals surface area contributed by atoms with Gasteiger partial charge in [0.05, 0.1) is 17.6 Å². The second-order valence-corrected chi connectivity index (χ2v) is 10.1. The Hall–Kier alpha value is -1.15. The first-order chi connectivity index (χ1) is 11.4. The van der Waals surface area contributed by atoms with Crippen LogP contribution in [0.25, 0.3) is 0 Å². The van der Waals surface area contributed by atoms with Gasteiger partial charge in [0.1, 0.15) is 0 Å². The van der Waals surface area contributed by atoms with Crippen molar-refractivity contribution in [1.82, 2.24) is 5.32 Å². The molecule has 0 aromatic heterocycles. The van der Waals surface area contributed by atoms with Gasteiger partial charge in [-0.05, 0) is 47.0 Å². The summed E-state index contributed by atoms with van der Waals surface area (Å²) in [5.41, 5.74) is -2.25. The Morgan fingerprint density at radius 1 is 0.962 bits per heavy atom. The number of carboxylic acid groups (broad SMARTS) is 1. The molecule has 0 aromatic rings. The van der Waals surface area contributed by atoms with E-state index in [0.29, 0.717) is 0 Å². The zero-order valence-corrected chi connectivity index (χ0v) is 17.8. The monoisotopic (exact) mass is 397 g/mol. The molecule has 0 bridgehead atoms. The molecule has 0 saturated heterocycles. The molecule has 0 fully saturated rings. The van der Waals surface area contributed by atoms with Crippen LogP contribution >= 0.6 is 7.82 Å². The van der Waals surface area contributed by atoms with Crippen molar-refractivity contribution in [2.75, 3.05) is 13.3 Å². The van der Waals surface area contributed by atoms with Gasteiger partial charge < -0.3 is 15.2 Å². The standard InChI is InChI=1S/C16H32NO8P/c1-14(2,3)24-26(21,25-15(4,5)6)23-11-22-13(20)17-10-16(7,8)9-12(18)19/h9-11H2,1-8H3,(H,17,20)(H,18,19). The highest BCUT2D eigenvalue weighted by Crippen LogP contribution is 2.55. The fourth-order valence-electron chi connectivity index (χ4n) is 1.72. The highest BCUT2D eigenvalue weighted by atomic mass is 31.2. The number of alkyl carbamates (subject to hydrolysis) is 1. The summed E-state index contributed by atoms with van der Waals surface area (Å²) in [5, 5.41) is 11.2. The Kier molecular flexibility index (Phi) is 8.76. The van der Waals surface area contributed by atoms with Gasteiger partial charge >= 0.3 is 19.9 Å². The molecule has 0 atom stereocenters. The molecule has 0 aliphatic heterocycles. The highest BCUT2D eigenvalue weighted by molar-refractivity contribution is 7.48. The number of aliphatic carboxylic acids is 1.